The third-order valence-electron chi connectivity index (χ3n) is 6.27. The van der Waals surface area contributed by atoms with Crippen LogP contribution in [0.4, 0.5) is 11.4 Å². The minimum absolute atomic E-state index is 0.0214. The molecule has 1 saturated heterocycles. The van der Waals surface area contributed by atoms with Gasteiger partial charge in [-0.2, -0.15) is 0 Å². The fraction of sp³-hybridized carbons (Fsp3) is 0.500. The Hall–Kier alpha value is -2.82. The lowest BCUT2D eigenvalue weighted by Gasteiger charge is -2.22. The number of hydrogen-bond acceptors (Lipinski definition) is 3. The summed E-state index contributed by atoms with van der Waals surface area (Å²) < 4.78 is 0. The highest BCUT2D eigenvalue weighted by molar-refractivity contribution is 6.02. The summed E-state index contributed by atoms with van der Waals surface area (Å²) in [6.07, 6.45) is 11.1. The SMILES string of the molecule is CCCCCCCCCC(=O)Nc1ccc(N2CCCC2)c(C(=O)NCc2ccccc2)c1. The van der Waals surface area contributed by atoms with Crippen LogP contribution in [-0.4, -0.2) is 24.9 Å². The van der Waals surface area contributed by atoms with Crippen molar-refractivity contribution in [2.45, 2.75) is 77.7 Å². The first-order valence-corrected chi connectivity index (χ1v) is 12.7. The Labute approximate surface area is 199 Å². The minimum Gasteiger partial charge on any atom is -0.371 e. The number of anilines is 2. The second-order valence-electron chi connectivity index (χ2n) is 9.01. The van der Waals surface area contributed by atoms with Crippen LogP contribution in [0, 0.1) is 0 Å². The zero-order valence-corrected chi connectivity index (χ0v) is 20.1. The molecule has 2 aromatic carbocycles. The highest BCUT2D eigenvalue weighted by Gasteiger charge is 2.20. The maximum Gasteiger partial charge on any atom is 0.253 e. The molecule has 2 aromatic rings. The van der Waals surface area contributed by atoms with Crippen molar-refractivity contribution in [3.63, 3.8) is 0 Å². The first-order valence-electron chi connectivity index (χ1n) is 12.7. The molecule has 178 valence electrons. The van der Waals surface area contributed by atoms with Crippen LogP contribution >= 0.6 is 0 Å². The van der Waals surface area contributed by atoms with Gasteiger partial charge in [-0.3, -0.25) is 9.59 Å². The molecule has 33 heavy (non-hydrogen) atoms. The van der Waals surface area contributed by atoms with Crippen LogP contribution in [0.3, 0.4) is 0 Å². The van der Waals surface area contributed by atoms with Crippen LogP contribution in [0.15, 0.2) is 48.5 Å². The van der Waals surface area contributed by atoms with Gasteiger partial charge < -0.3 is 15.5 Å². The second-order valence-corrected chi connectivity index (χ2v) is 9.01. The minimum atomic E-state index is -0.107. The maximum atomic E-state index is 13.1. The Morgan fingerprint density at radius 3 is 2.30 bits per heavy atom. The van der Waals surface area contributed by atoms with Crippen molar-refractivity contribution < 1.29 is 9.59 Å². The molecule has 1 aliphatic rings. The molecule has 2 N–H and O–H groups in total. The molecular formula is C28H39N3O2. The molecule has 5 heteroatoms. The van der Waals surface area contributed by atoms with E-state index in [1.165, 1.54) is 32.1 Å². The van der Waals surface area contributed by atoms with Crippen LogP contribution in [-0.2, 0) is 11.3 Å². The van der Waals surface area contributed by atoms with Gasteiger partial charge in [0.2, 0.25) is 5.91 Å². The quantitative estimate of drug-likeness (QED) is 0.353. The van der Waals surface area contributed by atoms with E-state index in [4.69, 9.17) is 0 Å². The van der Waals surface area contributed by atoms with Gasteiger partial charge in [0, 0.05) is 37.4 Å². The summed E-state index contributed by atoms with van der Waals surface area (Å²) in [6, 6.07) is 15.6. The molecule has 0 aliphatic carbocycles. The molecule has 0 atom stereocenters. The van der Waals surface area contributed by atoms with Gasteiger partial charge in [0.1, 0.15) is 0 Å². The number of unbranched alkanes of at least 4 members (excludes halogenated alkanes) is 6. The van der Waals surface area contributed by atoms with Gasteiger partial charge >= 0.3 is 0 Å². The van der Waals surface area contributed by atoms with E-state index in [9.17, 15) is 9.59 Å². The van der Waals surface area contributed by atoms with Gasteiger partial charge in [-0.25, -0.2) is 0 Å². The Balaban J connectivity index is 1.58. The van der Waals surface area contributed by atoms with Crippen LogP contribution in [0.5, 0.6) is 0 Å². The summed E-state index contributed by atoms with van der Waals surface area (Å²) in [5.41, 5.74) is 3.33. The predicted octanol–water partition coefficient (Wildman–Crippen LogP) is 6.30. The molecule has 1 fully saturated rings. The Kier molecular flexibility index (Phi) is 10.3. The number of nitrogens with zero attached hydrogens (tertiary/aromatic N) is 1. The molecule has 1 heterocycles. The third-order valence-corrected chi connectivity index (χ3v) is 6.27. The lowest BCUT2D eigenvalue weighted by atomic mass is 10.1. The van der Waals surface area contributed by atoms with E-state index < -0.39 is 0 Å². The molecule has 2 amide bonds. The zero-order chi connectivity index (χ0) is 23.3. The van der Waals surface area contributed by atoms with Gasteiger partial charge in [-0.05, 0) is 43.0 Å². The number of hydrogen-bond donors (Lipinski definition) is 2. The number of carbonyl (C=O) groups excluding carboxylic acids is 2. The number of carbonyl (C=O) groups is 2. The topological polar surface area (TPSA) is 61.4 Å². The summed E-state index contributed by atoms with van der Waals surface area (Å²) in [5.74, 6) is -0.0861. The van der Waals surface area contributed by atoms with Crippen LogP contribution in [0.2, 0.25) is 0 Å². The molecule has 0 radical (unpaired) electrons. The molecule has 0 bridgehead atoms. The molecule has 0 unspecified atom stereocenters. The molecule has 3 rings (SSSR count). The van der Waals surface area contributed by atoms with Crippen molar-refractivity contribution in [3.05, 3.63) is 59.7 Å². The van der Waals surface area contributed by atoms with E-state index in [1.54, 1.807) is 0 Å². The maximum absolute atomic E-state index is 13.1. The molecule has 0 spiro atoms. The van der Waals surface area contributed by atoms with Crippen molar-refractivity contribution in [1.29, 1.82) is 0 Å². The van der Waals surface area contributed by atoms with E-state index in [2.05, 4.69) is 22.5 Å². The fourth-order valence-electron chi connectivity index (χ4n) is 4.37. The van der Waals surface area contributed by atoms with E-state index in [0.29, 0.717) is 24.2 Å². The van der Waals surface area contributed by atoms with Crippen molar-refractivity contribution in [2.24, 2.45) is 0 Å². The van der Waals surface area contributed by atoms with Crippen molar-refractivity contribution in [2.75, 3.05) is 23.3 Å². The van der Waals surface area contributed by atoms with E-state index in [-0.39, 0.29) is 11.8 Å². The summed E-state index contributed by atoms with van der Waals surface area (Å²) in [7, 11) is 0. The largest absolute Gasteiger partial charge is 0.371 e. The molecule has 1 aliphatic heterocycles. The van der Waals surface area contributed by atoms with Crippen molar-refractivity contribution in [3.8, 4) is 0 Å². The van der Waals surface area contributed by atoms with Gasteiger partial charge in [0.05, 0.1) is 5.56 Å². The van der Waals surface area contributed by atoms with Gasteiger partial charge in [-0.15, -0.1) is 0 Å². The molecule has 0 aromatic heterocycles. The van der Waals surface area contributed by atoms with E-state index in [1.807, 2.05) is 48.5 Å². The molecular weight excluding hydrogens is 410 g/mol. The van der Waals surface area contributed by atoms with E-state index in [0.717, 1.165) is 50.0 Å². The number of nitrogens with one attached hydrogen (secondary N) is 2. The predicted molar refractivity (Wildman–Crippen MR) is 137 cm³/mol. The molecule has 5 nitrogen and oxygen atoms in total. The summed E-state index contributed by atoms with van der Waals surface area (Å²) in [6.45, 7) is 4.63. The van der Waals surface area contributed by atoms with E-state index >= 15 is 0 Å². The van der Waals surface area contributed by atoms with Gasteiger partial charge in [0.15, 0.2) is 0 Å². The highest BCUT2D eigenvalue weighted by Crippen LogP contribution is 2.28. The van der Waals surface area contributed by atoms with Crippen molar-refractivity contribution >= 4 is 23.2 Å². The van der Waals surface area contributed by atoms with Gasteiger partial charge in [0.25, 0.3) is 5.91 Å². The first kappa shape index (κ1) is 24.8. The average Bonchev–Trinajstić information content (AvgIpc) is 3.37. The summed E-state index contributed by atoms with van der Waals surface area (Å²) in [4.78, 5) is 27.8. The number of rotatable bonds is 13. The first-order chi connectivity index (χ1) is 16.2. The Morgan fingerprint density at radius 1 is 0.879 bits per heavy atom. The standard InChI is InChI=1S/C28H39N3O2/c1-2-3-4-5-6-7-11-16-27(32)30-24-17-18-26(31-19-12-13-20-31)25(21-24)28(33)29-22-23-14-9-8-10-15-23/h8-10,14-15,17-18,21H,2-7,11-13,16,19-20,22H2,1H3,(H,29,33)(H,30,32). The summed E-state index contributed by atoms with van der Waals surface area (Å²) >= 11 is 0. The second kappa shape index (κ2) is 13.7. The summed E-state index contributed by atoms with van der Waals surface area (Å²) in [5, 5.41) is 6.05. The van der Waals surface area contributed by atoms with Crippen LogP contribution < -0.4 is 15.5 Å². The van der Waals surface area contributed by atoms with Crippen LogP contribution in [0.25, 0.3) is 0 Å². The zero-order valence-electron chi connectivity index (χ0n) is 20.1. The Bertz CT molecular complexity index is 876. The van der Waals surface area contributed by atoms with Gasteiger partial charge in [-0.1, -0.05) is 75.8 Å². The Morgan fingerprint density at radius 2 is 1.58 bits per heavy atom. The molecule has 0 saturated carbocycles. The monoisotopic (exact) mass is 449 g/mol. The average molecular weight is 450 g/mol. The lowest BCUT2D eigenvalue weighted by Crippen LogP contribution is -2.27. The highest BCUT2D eigenvalue weighted by atomic mass is 16.2. The third kappa shape index (κ3) is 8.23. The fourth-order valence-corrected chi connectivity index (χ4v) is 4.37. The number of amides is 2. The lowest BCUT2D eigenvalue weighted by molar-refractivity contribution is -0.116. The normalized spacial score (nSPS) is 13.2. The van der Waals surface area contributed by atoms with Crippen molar-refractivity contribution in [1.82, 2.24) is 5.32 Å². The van der Waals surface area contributed by atoms with Crippen LogP contribution in [0.1, 0.15) is 87.1 Å². The number of benzene rings is 2. The smallest absolute Gasteiger partial charge is 0.253 e.